The summed E-state index contributed by atoms with van der Waals surface area (Å²) in [5.41, 5.74) is 3.72. The van der Waals surface area contributed by atoms with Gasteiger partial charge in [0.2, 0.25) is 0 Å². The summed E-state index contributed by atoms with van der Waals surface area (Å²) in [6.45, 7) is 2.34. The molecule has 0 heteroatoms. The minimum atomic E-state index is 1.12. The molecular formula is C9H12. The monoisotopic (exact) mass is 120 g/mol. The molecular weight excluding hydrogens is 108 g/mol. The molecule has 0 nitrogen and oxygen atoms in total. The van der Waals surface area contributed by atoms with Crippen LogP contribution in [0.1, 0.15) is 26.2 Å². The SMILES string of the molecule is CC[C@H]1C2CC3=C(C3)C21. The van der Waals surface area contributed by atoms with E-state index in [9.17, 15) is 0 Å². The lowest BCUT2D eigenvalue weighted by molar-refractivity contribution is 0.678. The zero-order chi connectivity index (χ0) is 6.01. The number of hydrogen-bond donors (Lipinski definition) is 0. The number of allylic oxidation sites excluding steroid dienone is 2. The lowest BCUT2D eigenvalue weighted by Crippen LogP contribution is -1.78. The van der Waals surface area contributed by atoms with Gasteiger partial charge >= 0.3 is 0 Å². The van der Waals surface area contributed by atoms with Crippen LogP contribution in [0.15, 0.2) is 11.1 Å². The molecule has 1 fully saturated rings. The van der Waals surface area contributed by atoms with Gasteiger partial charge in [-0.1, -0.05) is 24.5 Å². The van der Waals surface area contributed by atoms with Gasteiger partial charge in [0, 0.05) is 0 Å². The third kappa shape index (κ3) is 0.385. The number of rotatable bonds is 1. The fraction of sp³-hybridized carbons (Fsp3) is 0.778. The van der Waals surface area contributed by atoms with Gasteiger partial charge in [0.05, 0.1) is 0 Å². The third-order valence-electron chi connectivity index (χ3n) is 3.42. The van der Waals surface area contributed by atoms with Gasteiger partial charge in [0.15, 0.2) is 0 Å². The van der Waals surface area contributed by atoms with Gasteiger partial charge in [-0.3, -0.25) is 0 Å². The smallest absolute Gasteiger partial charge is 0.00997 e. The van der Waals surface area contributed by atoms with Gasteiger partial charge in [-0.2, -0.15) is 0 Å². The fourth-order valence-corrected chi connectivity index (χ4v) is 2.82. The van der Waals surface area contributed by atoms with Crippen molar-refractivity contribution in [3.05, 3.63) is 11.1 Å². The Morgan fingerprint density at radius 3 is 3.00 bits per heavy atom. The molecule has 0 bridgehead atoms. The van der Waals surface area contributed by atoms with Crippen molar-refractivity contribution >= 4 is 0 Å². The predicted octanol–water partition coefficient (Wildman–Crippen LogP) is 2.36. The first-order chi connectivity index (χ1) is 4.42. The Morgan fingerprint density at radius 2 is 2.44 bits per heavy atom. The van der Waals surface area contributed by atoms with Crippen molar-refractivity contribution in [2.45, 2.75) is 26.2 Å². The van der Waals surface area contributed by atoms with Crippen LogP contribution in [0.5, 0.6) is 0 Å². The molecule has 0 aliphatic heterocycles. The van der Waals surface area contributed by atoms with E-state index in [1.54, 1.807) is 0 Å². The van der Waals surface area contributed by atoms with Gasteiger partial charge in [-0.15, -0.1) is 0 Å². The molecule has 3 rings (SSSR count). The molecule has 0 amide bonds. The first-order valence-corrected chi connectivity index (χ1v) is 4.12. The highest BCUT2D eigenvalue weighted by atomic mass is 14.6. The summed E-state index contributed by atoms with van der Waals surface area (Å²) in [4.78, 5) is 0. The van der Waals surface area contributed by atoms with Crippen molar-refractivity contribution < 1.29 is 0 Å². The average molecular weight is 120 g/mol. The largest absolute Gasteiger partial charge is 0.0660 e. The Bertz CT molecular complexity index is 200. The van der Waals surface area contributed by atoms with E-state index in [-0.39, 0.29) is 0 Å². The highest BCUT2D eigenvalue weighted by molar-refractivity contribution is 5.48. The molecule has 1 saturated carbocycles. The zero-order valence-corrected chi connectivity index (χ0v) is 5.85. The molecule has 9 heavy (non-hydrogen) atoms. The highest BCUT2D eigenvalue weighted by Crippen LogP contribution is 2.69. The molecule has 3 aliphatic rings. The van der Waals surface area contributed by atoms with E-state index < -0.39 is 0 Å². The standard InChI is InChI=1S/C9H12/c1-2-6-8-4-5-3-7(5)9(6)8/h6,8-9H,2-4H2,1H3/t6-,8?,9?/m0/s1. The maximum Gasteiger partial charge on any atom is -0.00997 e. The van der Waals surface area contributed by atoms with Crippen molar-refractivity contribution in [3.63, 3.8) is 0 Å². The fourth-order valence-electron chi connectivity index (χ4n) is 2.82. The van der Waals surface area contributed by atoms with E-state index in [1.807, 2.05) is 11.1 Å². The van der Waals surface area contributed by atoms with E-state index >= 15 is 0 Å². The number of fused-ring (bicyclic) bond motifs is 2. The summed E-state index contributed by atoms with van der Waals surface area (Å²) >= 11 is 0. The van der Waals surface area contributed by atoms with Crippen molar-refractivity contribution in [2.24, 2.45) is 17.8 Å². The predicted molar refractivity (Wildman–Crippen MR) is 37.0 cm³/mol. The van der Waals surface area contributed by atoms with E-state index in [1.165, 1.54) is 19.3 Å². The highest BCUT2D eigenvalue weighted by Gasteiger charge is 2.59. The molecule has 0 heterocycles. The summed E-state index contributed by atoms with van der Waals surface area (Å²) in [5, 5.41) is 0. The topological polar surface area (TPSA) is 0 Å². The van der Waals surface area contributed by atoms with Crippen molar-refractivity contribution in [3.8, 4) is 0 Å². The summed E-state index contributed by atoms with van der Waals surface area (Å²) in [6, 6.07) is 0. The molecule has 0 radical (unpaired) electrons. The summed E-state index contributed by atoms with van der Waals surface area (Å²) in [7, 11) is 0. The quantitative estimate of drug-likeness (QED) is 0.466. The van der Waals surface area contributed by atoms with E-state index in [4.69, 9.17) is 0 Å². The molecule has 0 saturated heterocycles. The molecule has 3 aliphatic carbocycles. The zero-order valence-electron chi connectivity index (χ0n) is 5.85. The van der Waals surface area contributed by atoms with Gasteiger partial charge < -0.3 is 0 Å². The van der Waals surface area contributed by atoms with Gasteiger partial charge in [-0.05, 0) is 30.6 Å². The van der Waals surface area contributed by atoms with Crippen LogP contribution in [0, 0.1) is 17.8 Å². The van der Waals surface area contributed by atoms with Crippen molar-refractivity contribution in [1.82, 2.24) is 0 Å². The van der Waals surface area contributed by atoms with Crippen LogP contribution in [0.3, 0.4) is 0 Å². The third-order valence-corrected chi connectivity index (χ3v) is 3.42. The Morgan fingerprint density at radius 1 is 1.56 bits per heavy atom. The molecule has 3 atom stereocenters. The number of hydrogen-bond acceptors (Lipinski definition) is 0. The normalized spacial score (nSPS) is 51.0. The maximum absolute atomic E-state index is 2.34. The minimum Gasteiger partial charge on any atom is -0.0660 e. The summed E-state index contributed by atoms with van der Waals surface area (Å²) in [6.07, 6.45) is 4.38. The van der Waals surface area contributed by atoms with Crippen molar-refractivity contribution in [1.29, 1.82) is 0 Å². The van der Waals surface area contributed by atoms with Crippen LogP contribution in [-0.4, -0.2) is 0 Å². The van der Waals surface area contributed by atoms with Gasteiger partial charge in [0.1, 0.15) is 0 Å². The van der Waals surface area contributed by atoms with Gasteiger partial charge in [0.25, 0.3) is 0 Å². The Hall–Kier alpha value is -0.260. The Labute approximate surface area is 56.0 Å². The van der Waals surface area contributed by atoms with Crippen LogP contribution < -0.4 is 0 Å². The van der Waals surface area contributed by atoms with Crippen LogP contribution in [0.2, 0.25) is 0 Å². The first-order valence-electron chi connectivity index (χ1n) is 4.12. The molecule has 0 aromatic rings. The summed E-state index contributed by atoms with van der Waals surface area (Å²) < 4.78 is 0. The van der Waals surface area contributed by atoms with E-state index in [2.05, 4.69) is 6.92 Å². The van der Waals surface area contributed by atoms with Crippen LogP contribution in [0.4, 0.5) is 0 Å². The van der Waals surface area contributed by atoms with Crippen LogP contribution in [0.25, 0.3) is 0 Å². The van der Waals surface area contributed by atoms with E-state index in [0.29, 0.717) is 0 Å². The average Bonchev–Trinajstić information content (AvgIpc) is 2.72. The molecule has 0 aromatic heterocycles. The first kappa shape index (κ1) is 4.54. The maximum atomic E-state index is 2.34. The second kappa shape index (κ2) is 1.12. The van der Waals surface area contributed by atoms with Gasteiger partial charge in [-0.25, -0.2) is 0 Å². The molecule has 2 unspecified atom stereocenters. The molecule has 0 spiro atoms. The van der Waals surface area contributed by atoms with Crippen LogP contribution >= 0.6 is 0 Å². The van der Waals surface area contributed by atoms with Crippen LogP contribution in [-0.2, 0) is 0 Å². The Kier molecular flexibility index (Phi) is 0.564. The molecule has 0 N–H and O–H groups in total. The second-order valence-corrected chi connectivity index (χ2v) is 3.77. The minimum absolute atomic E-state index is 1.12. The summed E-state index contributed by atoms with van der Waals surface area (Å²) in [5.74, 6) is 3.39. The van der Waals surface area contributed by atoms with E-state index in [0.717, 1.165) is 17.8 Å². The second-order valence-electron chi connectivity index (χ2n) is 3.77. The lowest BCUT2D eigenvalue weighted by atomic mass is 10.2. The van der Waals surface area contributed by atoms with Crippen molar-refractivity contribution in [2.75, 3.05) is 0 Å². The molecule has 0 aromatic carbocycles. The lowest BCUT2D eigenvalue weighted by Gasteiger charge is -1.89. The molecule has 48 valence electrons. The Balaban J connectivity index is 1.87.